The molecule has 0 aliphatic heterocycles. The van der Waals surface area contributed by atoms with Gasteiger partial charge in [0.25, 0.3) is 0 Å². The van der Waals surface area contributed by atoms with E-state index in [1.54, 1.807) is 0 Å². The van der Waals surface area contributed by atoms with Gasteiger partial charge in [0.15, 0.2) is 0 Å². The fourth-order valence-corrected chi connectivity index (χ4v) is 0.983. The van der Waals surface area contributed by atoms with Crippen molar-refractivity contribution in [2.45, 2.75) is 31.3 Å². The average molecular weight is 331 g/mol. The number of nitrogens with one attached hydrogen (secondary N) is 1. The SMILES string of the molecule is CC(=O)N[C@@H](C=O)[C@@H](O)[C@H](O)[C@H](O)CO.Cl.Cl.Cl. The monoisotopic (exact) mass is 329 g/mol. The van der Waals surface area contributed by atoms with Crippen LogP contribution in [0, 0.1) is 0 Å². The molecule has 0 unspecified atom stereocenters. The van der Waals surface area contributed by atoms with E-state index in [1.807, 2.05) is 0 Å². The molecule has 112 valence electrons. The number of hydrogen-bond acceptors (Lipinski definition) is 6. The van der Waals surface area contributed by atoms with Crippen LogP contribution in [-0.2, 0) is 9.59 Å². The van der Waals surface area contributed by atoms with E-state index in [0.717, 1.165) is 6.92 Å². The molecule has 0 saturated heterocycles. The van der Waals surface area contributed by atoms with Crippen LogP contribution in [0.15, 0.2) is 0 Å². The third-order valence-electron chi connectivity index (χ3n) is 1.82. The van der Waals surface area contributed by atoms with E-state index in [9.17, 15) is 19.8 Å². The second-order valence-corrected chi connectivity index (χ2v) is 3.09. The lowest BCUT2D eigenvalue weighted by molar-refractivity contribution is -0.129. The number of rotatable bonds is 6. The molecular weight excluding hydrogens is 312 g/mol. The van der Waals surface area contributed by atoms with Crippen LogP contribution in [-0.4, -0.2) is 63.6 Å². The third kappa shape index (κ3) is 8.87. The van der Waals surface area contributed by atoms with Gasteiger partial charge < -0.3 is 30.5 Å². The summed E-state index contributed by atoms with van der Waals surface area (Å²) >= 11 is 0. The number of aldehydes is 1. The Labute approximate surface area is 123 Å². The first-order chi connectivity index (χ1) is 6.93. The van der Waals surface area contributed by atoms with Gasteiger partial charge >= 0.3 is 0 Å². The molecule has 18 heavy (non-hydrogen) atoms. The third-order valence-corrected chi connectivity index (χ3v) is 1.82. The minimum Gasteiger partial charge on any atom is -0.394 e. The Bertz CT molecular complexity index is 233. The number of carbonyl (C=O) groups excluding carboxylic acids is 2. The maximum absolute atomic E-state index is 10.6. The Morgan fingerprint density at radius 3 is 1.89 bits per heavy atom. The standard InChI is InChI=1S/C8H15NO6.3ClH/c1-4(12)9-5(2-10)7(14)8(15)6(13)3-11;;;/h2,5-8,11,13-15H,3H2,1H3,(H,9,12);3*1H/t5-,6+,7+,8+;;;/m0.../s1. The Hall–Kier alpha value is -0.150. The summed E-state index contributed by atoms with van der Waals surface area (Å²) in [6, 6.07) is -1.32. The van der Waals surface area contributed by atoms with Gasteiger partial charge in [0, 0.05) is 6.92 Å². The number of halogens is 3. The Morgan fingerprint density at radius 2 is 1.61 bits per heavy atom. The summed E-state index contributed by atoms with van der Waals surface area (Å²) in [6.07, 6.45) is -4.72. The van der Waals surface area contributed by atoms with E-state index in [-0.39, 0.29) is 43.5 Å². The number of aliphatic hydroxyl groups excluding tert-OH is 4. The lowest BCUT2D eigenvalue weighted by Gasteiger charge is -2.25. The van der Waals surface area contributed by atoms with Crippen molar-refractivity contribution >= 4 is 49.4 Å². The summed E-state index contributed by atoms with van der Waals surface area (Å²) in [5.41, 5.74) is 0. The predicted molar refractivity (Wildman–Crippen MR) is 70.5 cm³/mol. The van der Waals surface area contributed by atoms with E-state index < -0.39 is 36.9 Å². The minimum atomic E-state index is -1.71. The van der Waals surface area contributed by atoms with E-state index in [2.05, 4.69) is 5.32 Å². The van der Waals surface area contributed by atoms with Crippen molar-refractivity contribution in [3.63, 3.8) is 0 Å². The van der Waals surface area contributed by atoms with Crippen LogP contribution < -0.4 is 5.32 Å². The topological polar surface area (TPSA) is 127 Å². The van der Waals surface area contributed by atoms with Crippen LogP contribution in [0.1, 0.15) is 6.92 Å². The lowest BCUT2D eigenvalue weighted by Crippen LogP contribution is -2.53. The van der Waals surface area contributed by atoms with Crippen LogP contribution in [0.5, 0.6) is 0 Å². The first kappa shape index (κ1) is 26.4. The van der Waals surface area contributed by atoms with Gasteiger partial charge in [-0.15, -0.1) is 37.2 Å². The number of aliphatic hydroxyl groups is 4. The molecule has 0 aromatic heterocycles. The van der Waals surface area contributed by atoms with Crippen molar-refractivity contribution in [2.75, 3.05) is 6.61 Å². The lowest BCUT2D eigenvalue weighted by atomic mass is 10.0. The molecule has 0 aromatic rings. The molecule has 0 aliphatic rings. The second-order valence-electron chi connectivity index (χ2n) is 3.09. The molecule has 5 N–H and O–H groups in total. The van der Waals surface area contributed by atoms with Crippen molar-refractivity contribution < 1.29 is 30.0 Å². The summed E-state index contributed by atoms with van der Waals surface area (Å²) in [4.78, 5) is 21.1. The largest absolute Gasteiger partial charge is 0.394 e. The first-order valence-electron chi connectivity index (χ1n) is 4.31. The molecule has 0 aliphatic carbocycles. The van der Waals surface area contributed by atoms with E-state index in [0.29, 0.717) is 0 Å². The quantitative estimate of drug-likeness (QED) is 0.360. The maximum Gasteiger partial charge on any atom is 0.217 e. The smallest absolute Gasteiger partial charge is 0.217 e. The van der Waals surface area contributed by atoms with Gasteiger partial charge in [0.05, 0.1) is 6.61 Å². The highest BCUT2D eigenvalue weighted by molar-refractivity contribution is 5.86. The fraction of sp³-hybridized carbons (Fsp3) is 0.750. The highest BCUT2D eigenvalue weighted by atomic mass is 35.5. The van der Waals surface area contributed by atoms with Crippen molar-refractivity contribution in [3.8, 4) is 0 Å². The zero-order valence-corrected chi connectivity index (χ0v) is 11.9. The molecule has 4 atom stereocenters. The van der Waals surface area contributed by atoms with Gasteiger partial charge in [-0.05, 0) is 0 Å². The van der Waals surface area contributed by atoms with Crippen LogP contribution in [0.25, 0.3) is 0 Å². The predicted octanol–water partition coefficient (Wildman–Crippen LogP) is -1.97. The van der Waals surface area contributed by atoms with Crippen molar-refractivity contribution in [1.29, 1.82) is 0 Å². The van der Waals surface area contributed by atoms with Gasteiger partial charge in [-0.1, -0.05) is 0 Å². The first-order valence-corrected chi connectivity index (χ1v) is 4.31. The summed E-state index contributed by atoms with van der Waals surface area (Å²) in [5, 5.41) is 38.2. The Kier molecular flexibility index (Phi) is 19.5. The molecule has 10 heteroatoms. The maximum atomic E-state index is 10.6. The molecule has 0 fully saturated rings. The highest BCUT2D eigenvalue weighted by Crippen LogP contribution is 2.03. The van der Waals surface area contributed by atoms with Gasteiger partial charge in [-0.2, -0.15) is 0 Å². The summed E-state index contributed by atoms with van der Waals surface area (Å²) in [5.74, 6) is -0.558. The molecule has 0 aromatic carbocycles. The summed E-state index contributed by atoms with van der Waals surface area (Å²) in [6.45, 7) is 0.377. The van der Waals surface area contributed by atoms with Crippen molar-refractivity contribution in [3.05, 3.63) is 0 Å². The molecule has 0 bridgehead atoms. The summed E-state index contributed by atoms with van der Waals surface area (Å²) < 4.78 is 0. The second kappa shape index (κ2) is 13.3. The Morgan fingerprint density at radius 1 is 1.17 bits per heavy atom. The van der Waals surface area contributed by atoms with Gasteiger partial charge in [-0.3, -0.25) is 4.79 Å². The van der Waals surface area contributed by atoms with Crippen LogP contribution in [0.3, 0.4) is 0 Å². The van der Waals surface area contributed by atoms with Crippen LogP contribution in [0.4, 0.5) is 0 Å². The molecule has 0 rings (SSSR count). The molecule has 7 nitrogen and oxygen atoms in total. The molecule has 0 radical (unpaired) electrons. The molecular formula is C8H18Cl3NO6. The van der Waals surface area contributed by atoms with E-state index in [1.165, 1.54) is 0 Å². The van der Waals surface area contributed by atoms with Gasteiger partial charge in [-0.25, -0.2) is 0 Å². The fourth-order valence-electron chi connectivity index (χ4n) is 0.983. The zero-order chi connectivity index (χ0) is 12.0. The number of carbonyl (C=O) groups is 2. The van der Waals surface area contributed by atoms with E-state index in [4.69, 9.17) is 10.2 Å². The molecule has 1 amide bonds. The summed E-state index contributed by atoms with van der Waals surface area (Å²) in [7, 11) is 0. The zero-order valence-electron chi connectivity index (χ0n) is 9.42. The number of hydrogen-bond donors (Lipinski definition) is 5. The van der Waals surface area contributed by atoms with Crippen LogP contribution in [0.2, 0.25) is 0 Å². The van der Waals surface area contributed by atoms with E-state index >= 15 is 0 Å². The molecule has 0 spiro atoms. The molecule has 0 heterocycles. The Balaban J connectivity index is -0.000000327. The van der Waals surface area contributed by atoms with Crippen LogP contribution >= 0.6 is 37.2 Å². The minimum absolute atomic E-state index is 0. The number of amides is 1. The average Bonchev–Trinajstić information content (AvgIpc) is 2.22. The van der Waals surface area contributed by atoms with Crippen molar-refractivity contribution in [1.82, 2.24) is 5.32 Å². The highest BCUT2D eigenvalue weighted by Gasteiger charge is 2.31. The normalized spacial score (nSPS) is 15.6. The van der Waals surface area contributed by atoms with Gasteiger partial charge in [0.1, 0.15) is 30.6 Å². The van der Waals surface area contributed by atoms with Gasteiger partial charge in [0.2, 0.25) is 5.91 Å². The molecule has 0 saturated carbocycles. The van der Waals surface area contributed by atoms with Crippen molar-refractivity contribution in [2.24, 2.45) is 0 Å².